The molecule has 0 spiro atoms. The average Bonchev–Trinajstić information content (AvgIpc) is 2.81. The number of nitrogen functional groups attached to an aromatic ring is 1. The predicted octanol–water partition coefficient (Wildman–Crippen LogP) is 3.32. The second kappa shape index (κ2) is 5.42. The van der Waals surface area contributed by atoms with E-state index in [-0.39, 0.29) is 5.84 Å². The summed E-state index contributed by atoms with van der Waals surface area (Å²) in [6.07, 6.45) is 0. The molecule has 0 amide bonds. The van der Waals surface area contributed by atoms with Crippen LogP contribution >= 0.6 is 22.9 Å². The fourth-order valence-electron chi connectivity index (χ4n) is 1.69. The lowest BCUT2D eigenvalue weighted by Gasteiger charge is -2.19. The Morgan fingerprint density at radius 1 is 1.44 bits per heavy atom. The summed E-state index contributed by atoms with van der Waals surface area (Å²) < 4.78 is 0. The number of nitrogens with two attached hydrogens (primary N) is 1. The summed E-state index contributed by atoms with van der Waals surface area (Å²) in [5, 5.41) is 9.97. The van der Waals surface area contributed by atoms with Gasteiger partial charge in [-0.05, 0) is 29.6 Å². The first-order valence-corrected chi connectivity index (χ1v) is 6.71. The molecule has 18 heavy (non-hydrogen) atoms. The second-order valence-electron chi connectivity index (χ2n) is 4.01. The van der Waals surface area contributed by atoms with E-state index in [1.807, 2.05) is 25.2 Å². The molecular formula is C13H14ClN3S. The lowest BCUT2D eigenvalue weighted by atomic mass is 10.2. The van der Waals surface area contributed by atoms with Gasteiger partial charge in [-0.1, -0.05) is 17.7 Å². The number of amidine groups is 1. The molecule has 0 saturated heterocycles. The zero-order chi connectivity index (χ0) is 13.1. The third-order valence-electron chi connectivity index (χ3n) is 2.66. The summed E-state index contributed by atoms with van der Waals surface area (Å²) in [5.74, 6) is -0.00698. The Bertz CT molecular complexity index is 551. The Morgan fingerprint density at radius 3 is 2.78 bits per heavy atom. The Labute approximate surface area is 115 Å². The van der Waals surface area contributed by atoms with Crippen LogP contribution in [0.3, 0.4) is 0 Å². The van der Waals surface area contributed by atoms with Gasteiger partial charge in [0.25, 0.3) is 0 Å². The molecular weight excluding hydrogens is 266 g/mol. The van der Waals surface area contributed by atoms with Gasteiger partial charge in [0.05, 0.1) is 11.6 Å². The highest BCUT2D eigenvalue weighted by molar-refractivity contribution is 7.09. The minimum atomic E-state index is -0.00698. The molecule has 2 rings (SSSR count). The van der Waals surface area contributed by atoms with Gasteiger partial charge in [-0.15, -0.1) is 11.3 Å². The molecule has 0 radical (unpaired) electrons. The van der Waals surface area contributed by atoms with Crippen LogP contribution in [-0.2, 0) is 6.54 Å². The van der Waals surface area contributed by atoms with E-state index in [0.29, 0.717) is 10.6 Å². The van der Waals surface area contributed by atoms with Crippen LogP contribution in [-0.4, -0.2) is 12.9 Å². The van der Waals surface area contributed by atoms with Crippen LogP contribution in [0.15, 0.2) is 35.7 Å². The van der Waals surface area contributed by atoms with E-state index >= 15 is 0 Å². The summed E-state index contributed by atoms with van der Waals surface area (Å²) in [6.45, 7) is 0.841. The molecule has 1 heterocycles. The Kier molecular flexibility index (Phi) is 3.89. The summed E-state index contributed by atoms with van der Waals surface area (Å²) >= 11 is 7.83. The minimum absolute atomic E-state index is 0.00698. The van der Waals surface area contributed by atoms with Crippen LogP contribution in [0.4, 0.5) is 5.69 Å². The largest absolute Gasteiger partial charge is 0.384 e. The van der Waals surface area contributed by atoms with Gasteiger partial charge >= 0.3 is 0 Å². The number of anilines is 1. The topological polar surface area (TPSA) is 53.1 Å². The number of hydrogen-bond acceptors (Lipinski definition) is 3. The zero-order valence-corrected chi connectivity index (χ0v) is 11.6. The van der Waals surface area contributed by atoms with E-state index in [9.17, 15) is 0 Å². The van der Waals surface area contributed by atoms with Crippen LogP contribution in [0, 0.1) is 5.41 Å². The van der Waals surface area contributed by atoms with Crippen molar-refractivity contribution in [3.8, 4) is 0 Å². The van der Waals surface area contributed by atoms with Crippen LogP contribution < -0.4 is 10.6 Å². The number of nitrogens with zero attached hydrogens (tertiary/aromatic N) is 1. The van der Waals surface area contributed by atoms with Gasteiger partial charge in [0, 0.05) is 23.2 Å². The number of halogens is 1. The molecule has 0 aliphatic carbocycles. The van der Waals surface area contributed by atoms with Crippen LogP contribution in [0.25, 0.3) is 0 Å². The molecule has 1 aromatic carbocycles. The Balaban J connectivity index is 2.18. The fourth-order valence-corrected chi connectivity index (χ4v) is 2.72. The van der Waals surface area contributed by atoms with E-state index in [1.54, 1.807) is 17.4 Å². The quantitative estimate of drug-likeness (QED) is 0.666. The lowest BCUT2D eigenvalue weighted by molar-refractivity contribution is 0.940. The molecule has 0 aliphatic heterocycles. The maximum absolute atomic E-state index is 7.39. The number of nitrogens with one attached hydrogen (secondary N) is 1. The lowest BCUT2D eigenvalue weighted by Crippen LogP contribution is -2.16. The normalized spacial score (nSPS) is 10.3. The first-order valence-electron chi connectivity index (χ1n) is 5.45. The van der Waals surface area contributed by atoms with Gasteiger partial charge in [-0.2, -0.15) is 0 Å². The third kappa shape index (κ3) is 2.83. The molecule has 5 heteroatoms. The van der Waals surface area contributed by atoms with Gasteiger partial charge < -0.3 is 10.6 Å². The van der Waals surface area contributed by atoms with Crippen LogP contribution in [0.1, 0.15) is 10.4 Å². The molecule has 1 aromatic heterocycles. The van der Waals surface area contributed by atoms with Crippen molar-refractivity contribution in [3.63, 3.8) is 0 Å². The van der Waals surface area contributed by atoms with E-state index in [0.717, 1.165) is 12.2 Å². The summed E-state index contributed by atoms with van der Waals surface area (Å²) in [5.41, 5.74) is 7.02. The molecule has 3 nitrogen and oxygen atoms in total. The standard InChI is InChI=1S/C13H14ClN3S/c1-17(8-10-3-2-6-18-10)9-4-5-11(13(15)16)12(14)7-9/h2-7H,8H2,1H3,(H3,15,16). The van der Waals surface area contributed by atoms with Crippen molar-refractivity contribution in [2.75, 3.05) is 11.9 Å². The molecule has 94 valence electrons. The van der Waals surface area contributed by atoms with E-state index in [4.69, 9.17) is 22.7 Å². The summed E-state index contributed by atoms with van der Waals surface area (Å²) in [4.78, 5) is 3.41. The monoisotopic (exact) mass is 279 g/mol. The molecule has 3 N–H and O–H groups in total. The SMILES string of the molecule is CN(Cc1cccs1)c1ccc(C(=N)N)c(Cl)c1. The number of hydrogen-bond donors (Lipinski definition) is 2. The number of thiophene rings is 1. The summed E-state index contributed by atoms with van der Waals surface area (Å²) in [6, 6.07) is 9.69. The van der Waals surface area contributed by atoms with Gasteiger partial charge in [0.15, 0.2) is 0 Å². The smallest absolute Gasteiger partial charge is 0.124 e. The van der Waals surface area contributed by atoms with Crippen molar-refractivity contribution in [1.29, 1.82) is 5.41 Å². The minimum Gasteiger partial charge on any atom is -0.384 e. The van der Waals surface area contributed by atoms with Crippen molar-refractivity contribution < 1.29 is 0 Å². The van der Waals surface area contributed by atoms with E-state index < -0.39 is 0 Å². The van der Waals surface area contributed by atoms with Crippen molar-refractivity contribution in [2.24, 2.45) is 5.73 Å². The molecule has 0 aliphatic rings. The maximum atomic E-state index is 7.39. The summed E-state index contributed by atoms with van der Waals surface area (Å²) in [7, 11) is 2.01. The first kappa shape index (κ1) is 12.9. The predicted molar refractivity (Wildman–Crippen MR) is 78.9 cm³/mol. The highest BCUT2D eigenvalue weighted by atomic mass is 35.5. The van der Waals surface area contributed by atoms with E-state index in [1.165, 1.54) is 4.88 Å². The average molecular weight is 280 g/mol. The van der Waals surface area contributed by atoms with Crippen LogP contribution in [0.5, 0.6) is 0 Å². The van der Waals surface area contributed by atoms with Crippen molar-refractivity contribution in [3.05, 3.63) is 51.2 Å². The molecule has 0 unspecified atom stereocenters. The molecule has 2 aromatic rings. The molecule has 0 bridgehead atoms. The highest BCUT2D eigenvalue weighted by Gasteiger charge is 2.08. The number of benzene rings is 1. The van der Waals surface area contributed by atoms with Gasteiger partial charge in [-0.25, -0.2) is 0 Å². The molecule has 0 atom stereocenters. The Hall–Kier alpha value is -1.52. The molecule has 0 fully saturated rings. The van der Waals surface area contributed by atoms with Gasteiger partial charge in [0.1, 0.15) is 5.84 Å². The molecule has 0 saturated carbocycles. The third-order valence-corrected chi connectivity index (χ3v) is 3.83. The van der Waals surface area contributed by atoms with E-state index in [2.05, 4.69) is 16.3 Å². The highest BCUT2D eigenvalue weighted by Crippen LogP contribution is 2.24. The fraction of sp³-hybridized carbons (Fsp3) is 0.154. The zero-order valence-electron chi connectivity index (χ0n) is 9.98. The van der Waals surface area contributed by atoms with Gasteiger partial charge in [-0.3, -0.25) is 5.41 Å². The van der Waals surface area contributed by atoms with Gasteiger partial charge in [0.2, 0.25) is 0 Å². The van der Waals surface area contributed by atoms with Crippen molar-refractivity contribution in [1.82, 2.24) is 0 Å². The van der Waals surface area contributed by atoms with Crippen molar-refractivity contribution >= 4 is 34.5 Å². The number of rotatable bonds is 4. The maximum Gasteiger partial charge on any atom is 0.124 e. The first-order chi connectivity index (χ1) is 8.58. The van der Waals surface area contributed by atoms with Crippen molar-refractivity contribution in [2.45, 2.75) is 6.54 Å². The van der Waals surface area contributed by atoms with Crippen LogP contribution in [0.2, 0.25) is 5.02 Å². The Morgan fingerprint density at radius 2 is 2.22 bits per heavy atom. The second-order valence-corrected chi connectivity index (χ2v) is 5.45.